The van der Waals surface area contributed by atoms with Gasteiger partial charge in [-0.25, -0.2) is 4.99 Å². The van der Waals surface area contributed by atoms with Crippen LogP contribution < -0.4 is 5.73 Å². The van der Waals surface area contributed by atoms with Crippen molar-refractivity contribution in [2.45, 2.75) is 39.7 Å². The van der Waals surface area contributed by atoms with Gasteiger partial charge in [0.25, 0.3) is 0 Å². The van der Waals surface area contributed by atoms with E-state index in [1.807, 2.05) is 11.0 Å². The number of morpholine rings is 1. The van der Waals surface area contributed by atoms with Gasteiger partial charge >= 0.3 is 0 Å². The van der Waals surface area contributed by atoms with Gasteiger partial charge in [-0.2, -0.15) is 0 Å². The summed E-state index contributed by atoms with van der Waals surface area (Å²) < 4.78 is 10.9. The molecule has 0 radical (unpaired) electrons. The Labute approximate surface area is 161 Å². The predicted octanol–water partition coefficient (Wildman–Crippen LogP) is 3.17. The molecule has 1 aromatic heterocycles. The first-order valence-corrected chi connectivity index (χ1v) is 9.70. The van der Waals surface area contributed by atoms with E-state index in [1.54, 1.807) is 0 Å². The molecule has 1 aliphatic heterocycles. The number of benzene rings is 1. The molecule has 3 rings (SSSR count). The molecule has 2 N–H and O–H groups in total. The van der Waals surface area contributed by atoms with Gasteiger partial charge < -0.3 is 19.9 Å². The van der Waals surface area contributed by atoms with Crippen LogP contribution in [0.2, 0.25) is 0 Å². The van der Waals surface area contributed by atoms with Crippen LogP contribution in [0.4, 0.5) is 0 Å². The molecule has 27 heavy (non-hydrogen) atoms. The number of aliphatic imine (C=N–C) groups is 1. The number of guanidine groups is 1. The van der Waals surface area contributed by atoms with Crippen LogP contribution in [0.25, 0.3) is 0 Å². The Morgan fingerprint density at radius 2 is 1.89 bits per heavy atom. The fraction of sp³-hybridized carbons (Fsp3) is 0.524. The molecular formula is C21H30N4O2. The Hall–Kier alpha value is -2.34. The number of hydrogen-bond acceptors (Lipinski definition) is 4. The molecule has 1 atom stereocenters. The molecule has 1 unspecified atom stereocenters. The van der Waals surface area contributed by atoms with Crippen molar-refractivity contribution in [2.24, 2.45) is 16.6 Å². The minimum absolute atomic E-state index is 0.153. The highest BCUT2D eigenvalue weighted by Crippen LogP contribution is 2.25. The van der Waals surface area contributed by atoms with Crippen LogP contribution in [0.3, 0.4) is 0 Å². The second-order valence-electron chi connectivity index (χ2n) is 7.56. The van der Waals surface area contributed by atoms with Gasteiger partial charge in [-0.05, 0) is 23.5 Å². The smallest absolute Gasteiger partial charge is 0.191 e. The quantitative estimate of drug-likeness (QED) is 0.624. The van der Waals surface area contributed by atoms with E-state index in [0.717, 1.165) is 31.0 Å². The van der Waals surface area contributed by atoms with Gasteiger partial charge in [0.15, 0.2) is 5.96 Å². The van der Waals surface area contributed by atoms with Crippen LogP contribution >= 0.6 is 0 Å². The number of hydrogen-bond donors (Lipinski definition) is 1. The van der Waals surface area contributed by atoms with E-state index in [1.165, 1.54) is 11.1 Å². The number of nitrogens with zero attached hydrogens (tertiary/aromatic N) is 3. The first kappa shape index (κ1) is 19.4. The number of aromatic nitrogens is 1. The predicted molar refractivity (Wildman–Crippen MR) is 107 cm³/mol. The minimum Gasteiger partial charge on any atom is -0.378 e. The SMILES string of the molecule is CC(C)Cc1ccc(C(C)c2cc(C/N=C(\N)N3CCOCC3)no2)cc1. The van der Waals surface area contributed by atoms with Crippen LogP contribution in [0, 0.1) is 5.92 Å². The molecule has 1 fully saturated rings. The highest BCUT2D eigenvalue weighted by molar-refractivity contribution is 5.78. The standard InChI is InChI=1S/C21H30N4O2/c1-15(2)12-17-4-6-18(7-5-17)16(3)20-13-19(24-27-20)14-23-21(22)25-8-10-26-11-9-25/h4-7,13,15-16H,8-12,14H2,1-3H3,(H2,22,23). The van der Waals surface area contributed by atoms with E-state index < -0.39 is 0 Å². The van der Waals surface area contributed by atoms with Crippen molar-refractivity contribution < 1.29 is 9.26 Å². The van der Waals surface area contributed by atoms with Crippen molar-refractivity contribution in [3.8, 4) is 0 Å². The maximum atomic E-state index is 6.06. The summed E-state index contributed by atoms with van der Waals surface area (Å²) in [6, 6.07) is 10.7. The molecule has 0 bridgehead atoms. The van der Waals surface area contributed by atoms with E-state index in [4.69, 9.17) is 15.0 Å². The lowest BCUT2D eigenvalue weighted by atomic mass is 9.95. The van der Waals surface area contributed by atoms with Crippen LogP contribution in [0.1, 0.15) is 49.3 Å². The molecular weight excluding hydrogens is 340 g/mol. The zero-order valence-electron chi connectivity index (χ0n) is 16.5. The van der Waals surface area contributed by atoms with Crippen LogP contribution in [-0.2, 0) is 17.7 Å². The third-order valence-corrected chi connectivity index (χ3v) is 4.87. The monoisotopic (exact) mass is 370 g/mol. The normalized spacial score (nSPS) is 16.7. The second kappa shape index (κ2) is 9.04. The van der Waals surface area contributed by atoms with Crippen molar-refractivity contribution in [2.75, 3.05) is 26.3 Å². The zero-order valence-corrected chi connectivity index (χ0v) is 16.5. The Balaban J connectivity index is 1.60. The molecule has 0 spiro atoms. The number of nitrogens with two attached hydrogens (primary N) is 1. The molecule has 6 nitrogen and oxygen atoms in total. The Bertz CT molecular complexity index is 746. The van der Waals surface area contributed by atoms with Crippen molar-refractivity contribution in [3.63, 3.8) is 0 Å². The van der Waals surface area contributed by atoms with Crippen molar-refractivity contribution in [1.29, 1.82) is 0 Å². The fourth-order valence-electron chi connectivity index (χ4n) is 3.24. The minimum atomic E-state index is 0.153. The van der Waals surface area contributed by atoms with E-state index in [0.29, 0.717) is 31.6 Å². The van der Waals surface area contributed by atoms with Crippen molar-refractivity contribution in [1.82, 2.24) is 10.1 Å². The summed E-state index contributed by atoms with van der Waals surface area (Å²) in [6.07, 6.45) is 1.10. The first-order chi connectivity index (χ1) is 13.0. The van der Waals surface area contributed by atoms with Crippen LogP contribution in [0.5, 0.6) is 0 Å². The molecule has 2 heterocycles. The third-order valence-electron chi connectivity index (χ3n) is 4.87. The molecule has 0 saturated carbocycles. The third kappa shape index (κ3) is 5.32. The summed E-state index contributed by atoms with van der Waals surface area (Å²) in [7, 11) is 0. The zero-order chi connectivity index (χ0) is 19.2. The summed E-state index contributed by atoms with van der Waals surface area (Å²) in [5.74, 6) is 2.20. The number of ether oxygens (including phenoxy) is 1. The summed E-state index contributed by atoms with van der Waals surface area (Å²) >= 11 is 0. The lowest BCUT2D eigenvalue weighted by Crippen LogP contribution is -2.44. The number of rotatable bonds is 6. The maximum absolute atomic E-state index is 6.06. The van der Waals surface area contributed by atoms with E-state index >= 15 is 0 Å². The van der Waals surface area contributed by atoms with Gasteiger partial charge in [-0.15, -0.1) is 0 Å². The second-order valence-corrected chi connectivity index (χ2v) is 7.56. The fourth-order valence-corrected chi connectivity index (χ4v) is 3.24. The first-order valence-electron chi connectivity index (χ1n) is 9.70. The average Bonchev–Trinajstić information content (AvgIpc) is 3.15. The summed E-state index contributed by atoms with van der Waals surface area (Å²) in [6.45, 7) is 9.98. The van der Waals surface area contributed by atoms with E-state index in [2.05, 4.69) is 55.2 Å². The van der Waals surface area contributed by atoms with Gasteiger partial charge in [-0.1, -0.05) is 50.2 Å². The van der Waals surface area contributed by atoms with Crippen molar-refractivity contribution in [3.05, 3.63) is 52.9 Å². The molecule has 146 valence electrons. The lowest BCUT2D eigenvalue weighted by molar-refractivity contribution is 0.0674. The summed E-state index contributed by atoms with van der Waals surface area (Å²) in [5.41, 5.74) is 9.45. The summed E-state index contributed by atoms with van der Waals surface area (Å²) in [5, 5.41) is 4.16. The van der Waals surface area contributed by atoms with Crippen molar-refractivity contribution >= 4 is 5.96 Å². The molecule has 1 saturated heterocycles. The Kier molecular flexibility index (Phi) is 6.50. The van der Waals surface area contributed by atoms with Crippen LogP contribution in [-0.4, -0.2) is 42.3 Å². The lowest BCUT2D eigenvalue weighted by Gasteiger charge is -2.27. The maximum Gasteiger partial charge on any atom is 0.191 e. The van der Waals surface area contributed by atoms with Gasteiger partial charge in [0.05, 0.1) is 19.8 Å². The van der Waals surface area contributed by atoms with Gasteiger partial charge in [0.2, 0.25) is 0 Å². The largest absolute Gasteiger partial charge is 0.378 e. The molecule has 1 aliphatic rings. The Morgan fingerprint density at radius 3 is 2.56 bits per heavy atom. The molecule has 1 aromatic carbocycles. The molecule has 2 aromatic rings. The summed E-state index contributed by atoms with van der Waals surface area (Å²) in [4.78, 5) is 6.48. The van der Waals surface area contributed by atoms with E-state index in [9.17, 15) is 0 Å². The Morgan fingerprint density at radius 1 is 1.19 bits per heavy atom. The van der Waals surface area contributed by atoms with Gasteiger partial charge in [0, 0.05) is 25.1 Å². The molecule has 0 aliphatic carbocycles. The topological polar surface area (TPSA) is 76.9 Å². The van der Waals surface area contributed by atoms with Gasteiger partial charge in [-0.3, -0.25) is 0 Å². The van der Waals surface area contributed by atoms with Crippen LogP contribution in [0.15, 0.2) is 39.8 Å². The van der Waals surface area contributed by atoms with Gasteiger partial charge in [0.1, 0.15) is 11.5 Å². The highest BCUT2D eigenvalue weighted by Gasteiger charge is 2.16. The highest BCUT2D eigenvalue weighted by atomic mass is 16.5. The average molecular weight is 370 g/mol. The molecule has 0 amide bonds. The molecule has 6 heteroatoms. The van der Waals surface area contributed by atoms with E-state index in [-0.39, 0.29) is 5.92 Å².